The second-order valence-corrected chi connectivity index (χ2v) is 9.57. The number of rotatable bonds is 9. The quantitative estimate of drug-likeness (QED) is 0.460. The zero-order valence-corrected chi connectivity index (χ0v) is 20.1. The van der Waals surface area contributed by atoms with Crippen LogP contribution in [0.1, 0.15) is 67.9 Å². The Bertz CT molecular complexity index is 1190. The average molecular weight is 484 g/mol. The third-order valence-corrected chi connectivity index (χ3v) is 7.55. The maximum Gasteiger partial charge on any atom is 0.343 e. The van der Waals surface area contributed by atoms with E-state index in [1.165, 1.54) is 23.9 Å². The monoisotopic (exact) mass is 483 g/mol. The van der Waals surface area contributed by atoms with Crippen LogP contribution in [-0.2, 0) is 33.8 Å². The summed E-state index contributed by atoms with van der Waals surface area (Å²) in [5.74, 6) is -0.0706. The summed E-state index contributed by atoms with van der Waals surface area (Å²) in [6.45, 7) is 2.45. The van der Waals surface area contributed by atoms with Crippen LogP contribution in [0.5, 0.6) is 0 Å². The van der Waals surface area contributed by atoms with Crippen molar-refractivity contribution < 1.29 is 18.3 Å². The molecule has 1 saturated carbocycles. The Labute approximate surface area is 203 Å². The number of aromatic amines is 1. The number of carbonyl (C=O) groups is 1. The van der Waals surface area contributed by atoms with E-state index in [2.05, 4.69) is 22.3 Å². The number of alkyl halides is 2. The lowest BCUT2D eigenvalue weighted by Crippen LogP contribution is -2.51. The molecule has 4 rings (SSSR count). The van der Waals surface area contributed by atoms with Gasteiger partial charge in [0.1, 0.15) is 25.2 Å². The molecule has 1 aliphatic carbocycles. The predicted octanol–water partition coefficient (Wildman–Crippen LogP) is 5.08. The fraction of sp³-hybridized carbons (Fsp3) is 0.444. The first-order valence-corrected chi connectivity index (χ1v) is 11.9. The summed E-state index contributed by atoms with van der Waals surface area (Å²) < 4.78 is 34.4. The number of benzene rings is 2. The van der Waals surface area contributed by atoms with Gasteiger partial charge < -0.3 is 4.74 Å². The van der Waals surface area contributed by atoms with Gasteiger partial charge in [-0.2, -0.15) is 5.10 Å². The highest BCUT2D eigenvalue weighted by Gasteiger charge is 2.48. The number of nitrogens with zero attached hydrogens (tertiary/aromatic N) is 2. The van der Waals surface area contributed by atoms with Gasteiger partial charge in [0.05, 0.1) is 12.7 Å². The van der Waals surface area contributed by atoms with Crippen molar-refractivity contribution in [2.45, 2.75) is 69.9 Å². The molecule has 35 heavy (non-hydrogen) atoms. The Morgan fingerprint density at radius 1 is 1.09 bits per heavy atom. The minimum absolute atomic E-state index is 0.0706. The van der Waals surface area contributed by atoms with E-state index in [1.54, 1.807) is 12.1 Å². The fourth-order valence-corrected chi connectivity index (χ4v) is 5.33. The first-order chi connectivity index (χ1) is 16.8. The third-order valence-electron chi connectivity index (χ3n) is 7.55. The van der Waals surface area contributed by atoms with E-state index in [1.807, 2.05) is 25.1 Å². The van der Waals surface area contributed by atoms with Gasteiger partial charge in [0.15, 0.2) is 5.78 Å². The lowest BCUT2D eigenvalue weighted by Gasteiger charge is -2.46. The summed E-state index contributed by atoms with van der Waals surface area (Å²) in [6, 6.07) is 15.0. The number of hydrogen-bond donors (Lipinski definition) is 1. The molecule has 0 radical (unpaired) electrons. The number of nitrogens with one attached hydrogen (secondary N) is 1. The van der Waals surface area contributed by atoms with Gasteiger partial charge >= 0.3 is 5.69 Å². The normalized spacial score (nSPS) is 23.2. The van der Waals surface area contributed by atoms with Gasteiger partial charge in [-0.1, -0.05) is 48.5 Å². The van der Waals surface area contributed by atoms with E-state index in [9.17, 15) is 18.4 Å². The minimum atomic E-state index is -0.945. The van der Waals surface area contributed by atoms with Gasteiger partial charge in [-0.15, -0.1) is 0 Å². The van der Waals surface area contributed by atoms with Gasteiger partial charge in [0.25, 0.3) is 0 Å². The van der Waals surface area contributed by atoms with E-state index in [4.69, 9.17) is 4.74 Å². The summed E-state index contributed by atoms with van der Waals surface area (Å²) in [5, 5.41) is 6.24. The molecule has 1 N–H and O–H groups in total. The standard InChI is InChI=1S/C27H31F2N3O3/c1-19(23-13-21(15-28)12-22(14-23)16-29)35-17-26(24-6-4-3-5-7-24)8-10-27(11-9-26,20(2)33)32-18-30-31-25(32)34/h3-7,12-14,18-19H,8-11,15-17H2,1-2H3,(H,31,34)/t19-,26?,27?/m1/s1. The van der Waals surface area contributed by atoms with Gasteiger partial charge in [-0.05, 0) is 61.8 Å². The highest BCUT2D eigenvalue weighted by Crippen LogP contribution is 2.47. The summed E-state index contributed by atoms with van der Waals surface area (Å²) in [5.41, 5.74) is 0.979. The fourth-order valence-electron chi connectivity index (χ4n) is 5.33. The van der Waals surface area contributed by atoms with E-state index in [-0.39, 0.29) is 17.3 Å². The molecule has 186 valence electrons. The maximum absolute atomic E-state index is 13.3. The summed E-state index contributed by atoms with van der Waals surface area (Å²) >= 11 is 0. The highest BCUT2D eigenvalue weighted by atomic mass is 19.1. The van der Waals surface area contributed by atoms with Gasteiger partial charge in [0.2, 0.25) is 0 Å². The lowest BCUT2D eigenvalue weighted by atomic mass is 9.63. The van der Waals surface area contributed by atoms with Crippen molar-refractivity contribution in [1.82, 2.24) is 14.8 Å². The Morgan fingerprint density at radius 2 is 1.71 bits per heavy atom. The maximum atomic E-state index is 13.3. The van der Waals surface area contributed by atoms with Crippen LogP contribution in [0.25, 0.3) is 0 Å². The highest BCUT2D eigenvalue weighted by molar-refractivity contribution is 5.84. The molecular formula is C27H31F2N3O3. The van der Waals surface area contributed by atoms with Crippen molar-refractivity contribution in [2.75, 3.05) is 6.61 Å². The van der Waals surface area contributed by atoms with Crippen LogP contribution in [0.15, 0.2) is 59.7 Å². The average Bonchev–Trinajstić information content (AvgIpc) is 3.33. The summed E-state index contributed by atoms with van der Waals surface area (Å²) in [6.07, 6.45) is 3.22. The van der Waals surface area contributed by atoms with Crippen molar-refractivity contribution in [3.63, 3.8) is 0 Å². The number of ketones is 1. The van der Waals surface area contributed by atoms with Crippen molar-refractivity contribution >= 4 is 5.78 Å². The molecule has 2 aromatic carbocycles. The molecule has 0 amide bonds. The molecule has 1 heterocycles. The number of aromatic nitrogens is 3. The molecule has 3 aromatic rings. The van der Waals surface area contributed by atoms with E-state index in [0.29, 0.717) is 43.4 Å². The molecule has 0 bridgehead atoms. The lowest BCUT2D eigenvalue weighted by molar-refractivity contribution is -0.128. The molecule has 0 aliphatic heterocycles. The van der Waals surface area contributed by atoms with Crippen molar-refractivity contribution in [1.29, 1.82) is 0 Å². The molecule has 1 atom stereocenters. The molecule has 6 nitrogen and oxygen atoms in total. The Morgan fingerprint density at radius 3 is 2.23 bits per heavy atom. The minimum Gasteiger partial charge on any atom is -0.373 e. The van der Waals surface area contributed by atoms with E-state index < -0.39 is 24.6 Å². The molecule has 1 fully saturated rings. The van der Waals surface area contributed by atoms with Crippen LogP contribution in [0.4, 0.5) is 8.78 Å². The number of carbonyl (C=O) groups excluding carboxylic acids is 1. The van der Waals surface area contributed by atoms with Gasteiger partial charge in [-0.3, -0.25) is 9.36 Å². The Hall–Kier alpha value is -3.13. The first kappa shape index (κ1) is 25.0. The Balaban J connectivity index is 1.61. The largest absolute Gasteiger partial charge is 0.373 e. The zero-order valence-electron chi connectivity index (χ0n) is 20.1. The van der Waals surface area contributed by atoms with Crippen LogP contribution in [0, 0.1) is 0 Å². The van der Waals surface area contributed by atoms with Crippen molar-refractivity contribution in [2.24, 2.45) is 0 Å². The molecule has 0 saturated heterocycles. The molecule has 8 heteroatoms. The van der Waals surface area contributed by atoms with Crippen molar-refractivity contribution in [3.8, 4) is 0 Å². The van der Waals surface area contributed by atoms with Crippen LogP contribution in [-0.4, -0.2) is 27.2 Å². The van der Waals surface area contributed by atoms with Gasteiger partial charge in [-0.25, -0.2) is 18.7 Å². The van der Waals surface area contributed by atoms with Crippen LogP contribution in [0.3, 0.4) is 0 Å². The van der Waals surface area contributed by atoms with E-state index in [0.717, 1.165) is 11.1 Å². The number of hydrogen-bond acceptors (Lipinski definition) is 4. The molecule has 1 aromatic heterocycles. The van der Waals surface area contributed by atoms with Crippen LogP contribution < -0.4 is 5.69 Å². The number of H-pyrrole nitrogens is 1. The van der Waals surface area contributed by atoms with Crippen molar-refractivity contribution in [3.05, 3.63) is 87.6 Å². The SMILES string of the molecule is CC(=O)C1(n2cn[nH]c2=O)CCC(CO[C@H](C)c2cc(CF)cc(CF)c2)(c2ccccc2)CC1. The number of Topliss-reactive ketones (excluding diaryl/α,β-unsaturated/α-hetero) is 1. The molecule has 0 unspecified atom stereocenters. The zero-order chi connectivity index (χ0) is 25.1. The predicted molar refractivity (Wildman–Crippen MR) is 129 cm³/mol. The Kier molecular flexibility index (Phi) is 7.31. The third kappa shape index (κ3) is 4.85. The first-order valence-electron chi connectivity index (χ1n) is 11.9. The molecular weight excluding hydrogens is 452 g/mol. The van der Waals surface area contributed by atoms with Crippen LogP contribution >= 0.6 is 0 Å². The van der Waals surface area contributed by atoms with Gasteiger partial charge in [0, 0.05) is 5.41 Å². The summed E-state index contributed by atoms with van der Waals surface area (Å²) in [7, 11) is 0. The summed E-state index contributed by atoms with van der Waals surface area (Å²) in [4.78, 5) is 25.1. The molecule has 1 aliphatic rings. The molecule has 0 spiro atoms. The second kappa shape index (κ2) is 10.2. The smallest absolute Gasteiger partial charge is 0.343 e. The second-order valence-electron chi connectivity index (χ2n) is 9.57. The van der Waals surface area contributed by atoms with E-state index >= 15 is 0 Å². The number of halogens is 2. The van der Waals surface area contributed by atoms with Crippen LogP contribution in [0.2, 0.25) is 0 Å². The topological polar surface area (TPSA) is 77.0 Å². The number of ether oxygens (including phenoxy) is 1.